The van der Waals surface area contributed by atoms with Crippen LogP contribution in [0.4, 0.5) is 0 Å². The van der Waals surface area contributed by atoms with Crippen LogP contribution in [0.5, 0.6) is 0 Å². The molecule has 0 aromatic rings. The van der Waals surface area contributed by atoms with E-state index in [4.69, 9.17) is 4.74 Å². The molecule has 0 bridgehead atoms. The van der Waals surface area contributed by atoms with Crippen LogP contribution >= 0.6 is 0 Å². The Hall–Kier alpha value is 0.430. The fourth-order valence-corrected chi connectivity index (χ4v) is 1.81. The van der Waals surface area contributed by atoms with E-state index in [0.29, 0.717) is 6.61 Å². The molecule has 0 rings (SSSR count). The van der Waals surface area contributed by atoms with Gasteiger partial charge in [-0.1, -0.05) is 64.7 Å². The molecule has 0 aromatic carbocycles. The van der Waals surface area contributed by atoms with E-state index in [2.05, 4.69) is 6.92 Å². The number of rotatable bonds is 11. The van der Waals surface area contributed by atoms with Crippen molar-refractivity contribution in [3.63, 3.8) is 0 Å². The molecule has 0 spiro atoms. The summed E-state index contributed by atoms with van der Waals surface area (Å²) in [5.41, 5.74) is 0. The van der Waals surface area contributed by atoms with E-state index in [1.165, 1.54) is 64.7 Å². The number of hydrogen-bond acceptors (Lipinski definition) is 3. The molecule has 18 heavy (non-hydrogen) atoms. The van der Waals surface area contributed by atoms with Crippen molar-refractivity contribution in [3.8, 4) is 0 Å². The maximum Gasteiger partial charge on any atom is 1.00 e. The van der Waals surface area contributed by atoms with Gasteiger partial charge in [0, 0.05) is 6.92 Å². The summed E-state index contributed by atoms with van der Waals surface area (Å²) < 4.78 is 4.87. The molecule has 0 atom stereocenters. The Morgan fingerprint density at radius 2 is 1.28 bits per heavy atom. The summed E-state index contributed by atoms with van der Waals surface area (Å²) in [6.45, 7) is 4.32. The van der Waals surface area contributed by atoms with Crippen LogP contribution < -0.4 is 35.7 Å². The topological polar surface area (TPSA) is 61.3 Å². The van der Waals surface area contributed by atoms with Gasteiger partial charge < -0.3 is 12.3 Å². The fourth-order valence-electron chi connectivity index (χ4n) is 1.81. The van der Waals surface area contributed by atoms with Crippen molar-refractivity contribution in [3.05, 3.63) is 0 Å². The van der Waals surface area contributed by atoms with Crippen molar-refractivity contribution < 1.29 is 40.5 Å². The van der Waals surface area contributed by atoms with Crippen LogP contribution in [-0.2, 0) is 9.53 Å². The van der Waals surface area contributed by atoms with Crippen molar-refractivity contribution in [2.24, 2.45) is 0 Å². The molecular weight excluding hydrogens is 237 g/mol. The third-order valence-electron chi connectivity index (χ3n) is 2.80. The van der Waals surface area contributed by atoms with Crippen LogP contribution in [0.25, 0.3) is 0 Å². The molecule has 0 unspecified atom stereocenters. The Morgan fingerprint density at radius 3 is 1.67 bits per heavy atom. The maximum absolute atomic E-state index is 10.5. The molecule has 0 amide bonds. The van der Waals surface area contributed by atoms with E-state index in [0.717, 1.165) is 6.42 Å². The van der Waals surface area contributed by atoms with Crippen LogP contribution in [0.2, 0.25) is 0 Å². The third kappa shape index (κ3) is 21.7. The van der Waals surface area contributed by atoms with Crippen molar-refractivity contribution in [2.75, 3.05) is 6.61 Å². The molecule has 4 heteroatoms. The normalized spacial score (nSPS) is 9.22. The second-order valence-electron chi connectivity index (χ2n) is 4.52. The number of carbonyl (C=O) groups is 1. The van der Waals surface area contributed by atoms with Crippen molar-refractivity contribution in [1.29, 1.82) is 0 Å². The van der Waals surface area contributed by atoms with E-state index >= 15 is 0 Å². The molecule has 0 radical (unpaired) electrons. The molecule has 0 fully saturated rings. The van der Waals surface area contributed by atoms with Crippen molar-refractivity contribution in [1.82, 2.24) is 6.15 Å². The van der Waals surface area contributed by atoms with Crippen molar-refractivity contribution >= 4 is 5.97 Å². The second kappa shape index (κ2) is 19.8. The Kier molecular flexibility index (Phi) is 25.8. The van der Waals surface area contributed by atoms with Gasteiger partial charge >= 0.3 is 35.5 Å². The smallest absolute Gasteiger partial charge is 1.00 e. The summed E-state index contributed by atoms with van der Waals surface area (Å²) in [6, 6.07) is 0. The zero-order valence-corrected chi connectivity index (χ0v) is 14.8. The first-order chi connectivity index (χ1) is 7.77. The predicted molar refractivity (Wildman–Crippen MR) is 74.6 cm³/mol. The molecular formula is C14H32NNaO2. The van der Waals surface area contributed by atoms with Gasteiger partial charge in [-0.3, -0.25) is 4.79 Å². The van der Waals surface area contributed by atoms with Crippen LogP contribution in [0.15, 0.2) is 0 Å². The third-order valence-corrected chi connectivity index (χ3v) is 2.80. The van der Waals surface area contributed by atoms with Crippen molar-refractivity contribution in [2.45, 2.75) is 78.1 Å². The minimum atomic E-state index is -0.157. The molecule has 0 saturated heterocycles. The average Bonchev–Trinajstić information content (AvgIpc) is 2.25. The summed E-state index contributed by atoms with van der Waals surface area (Å²) in [6.07, 6.45) is 13.1. The molecule has 0 aliphatic carbocycles. The van der Waals surface area contributed by atoms with Gasteiger partial charge in [0.15, 0.2) is 0 Å². The molecule has 3 N–H and O–H groups in total. The Balaban J connectivity index is -0.000000375. The summed E-state index contributed by atoms with van der Waals surface area (Å²) in [7, 11) is 0. The first kappa shape index (κ1) is 23.5. The molecule has 0 heterocycles. The molecule has 3 nitrogen and oxygen atoms in total. The second-order valence-corrected chi connectivity index (χ2v) is 4.52. The van der Waals surface area contributed by atoms with Gasteiger partial charge in [0.05, 0.1) is 6.61 Å². The number of hydrogen-bond donors (Lipinski definition) is 1. The van der Waals surface area contributed by atoms with E-state index in [1.54, 1.807) is 0 Å². The minimum Gasteiger partial charge on any atom is -1.00 e. The predicted octanol–water partition coefficient (Wildman–Crippen LogP) is 1.75. The van der Waals surface area contributed by atoms with Crippen LogP contribution in [0, 0.1) is 0 Å². The van der Waals surface area contributed by atoms with Gasteiger partial charge in [-0.15, -0.1) is 0 Å². The SMILES string of the molecule is CCCCCCCCCCCCOC(C)=O.N.[H-].[Na+]. The molecule has 0 aliphatic rings. The van der Waals surface area contributed by atoms with E-state index in [9.17, 15) is 4.79 Å². The minimum absolute atomic E-state index is 0. The van der Waals surface area contributed by atoms with E-state index in [-0.39, 0.29) is 43.1 Å². The fraction of sp³-hybridized carbons (Fsp3) is 0.929. The van der Waals surface area contributed by atoms with E-state index in [1.807, 2.05) is 0 Å². The van der Waals surface area contributed by atoms with Crippen LogP contribution in [0.1, 0.15) is 79.5 Å². The standard InChI is InChI=1S/C14H28O2.H3N.Na.H/c1-3-4-5-6-7-8-9-10-11-12-13-16-14(2)15;;;/h3-13H2,1-2H3;1H3;;/q;;+1;-1. The van der Waals surface area contributed by atoms with Gasteiger partial charge in [-0.25, -0.2) is 0 Å². The van der Waals surface area contributed by atoms with Crippen LogP contribution in [0.3, 0.4) is 0 Å². The quantitative estimate of drug-likeness (QED) is 0.353. The zero-order valence-electron chi connectivity index (χ0n) is 13.8. The summed E-state index contributed by atoms with van der Waals surface area (Å²) in [5, 5.41) is 0. The van der Waals surface area contributed by atoms with Gasteiger partial charge in [-0.05, 0) is 6.42 Å². The molecule has 0 aliphatic heterocycles. The number of carbonyl (C=O) groups excluding carboxylic acids is 1. The monoisotopic (exact) mass is 269 g/mol. The Morgan fingerprint density at radius 1 is 0.889 bits per heavy atom. The number of ether oxygens (including phenoxy) is 1. The van der Waals surface area contributed by atoms with E-state index < -0.39 is 0 Å². The molecule has 106 valence electrons. The number of unbranched alkanes of at least 4 members (excludes halogenated alkanes) is 9. The van der Waals surface area contributed by atoms with Gasteiger partial charge in [0.1, 0.15) is 0 Å². The Bertz CT molecular complexity index is 172. The van der Waals surface area contributed by atoms with Crippen LogP contribution in [-0.4, -0.2) is 12.6 Å². The average molecular weight is 269 g/mol. The zero-order chi connectivity index (χ0) is 12.1. The maximum atomic E-state index is 10.5. The number of esters is 1. The molecule has 0 aromatic heterocycles. The molecule has 0 saturated carbocycles. The van der Waals surface area contributed by atoms with Gasteiger partial charge in [0.25, 0.3) is 0 Å². The Labute approximate surface area is 137 Å². The summed E-state index contributed by atoms with van der Waals surface area (Å²) in [4.78, 5) is 10.5. The first-order valence-electron chi connectivity index (χ1n) is 6.90. The van der Waals surface area contributed by atoms with Gasteiger partial charge in [-0.2, -0.15) is 0 Å². The largest absolute Gasteiger partial charge is 1.00 e. The van der Waals surface area contributed by atoms with Gasteiger partial charge in [0.2, 0.25) is 0 Å². The first-order valence-corrected chi connectivity index (χ1v) is 6.90. The summed E-state index contributed by atoms with van der Waals surface area (Å²) >= 11 is 0. The summed E-state index contributed by atoms with van der Waals surface area (Å²) in [5.74, 6) is -0.157.